The first-order valence-corrected chi connectivity index (χ1v) is 6.57. The van der Waals surface area contributed by atoms with Crippen molar-refractivity contribution in [1.82, 2.24) is 0 Å². The second-order valence-corrected chi connectivity index (χ2v) is 4.76. The summed E-state index contributed by atoms with van der Waals surface area (Å²) in [5.41, 5.74) is 1.27. The highest BCUT2D eigenvalue weighted by Gasteiger charge is 2.08. The third-order valence-corrected chi connectivity index (χ3v) is 3.27. The van der Waals surface area contributed by atoms with Crippen molar-refractivity contribution in [2.45, 2.75) is 19.3 Å². The lowest BCUT2D eigenvalue weighted by Gasteiger charge is -2.04. The van der Waals surface area contributed by atoms with Gasteiger partial charge in [-0.25, -0.2) is 4.39 Å². The van der Waals surface area contributed by atoms with Crippen molar-refractivity contribution in [2.75, 3.05) is 0 Å². The van der Waals surface area contributed by atoms with Gasteiger partial charge < -0.3 is 0 Å². The molecule has 0 aromatic heterocycles. The average molecular weight is 277 g/mol. The van der Waals surface area contributed by atoms with E-state index in [2.05, 4.69) is 0 Å². The molecule has 0 aliphatic heterocycles. The van der Waals surface area contributed by atoms with Crippen LogP contribution in [0.2, 0.25) is 5.02 Å². The molecular weight excluding hydrogens is 263 g/mol. The molecule has 98 valence electrons. The number of hydrogen-bond acceptors (Lipinski definition) is 1. The summed E-state index contributed by atoms with van der Waals surface area (Å²) < 4.78 is 13.6. The molecule has 0 saturated carbocycles. The first-order chi connectivity index (χ1) is 9.18. The molecule has 2 aromatic carbocycles. The number of Topliss-reactive ketones (excluding diaryl/α,β-unsaturated/α-hetero) is 1. The monoisotopic (exact) mass is 276 g/mol. The molecule has 19 heavy (non-hydrogen) atoms. The van der Waals surface area contributed by atoms with Crippen molar-refractivity contribution in [3.63, 3.8) is 0 Å². The zero-order valence-electron chi connectivity index (χ0n) is 10.4. The minimum Gasteiger partial charge on any atom is -0.294 e. The molecule has 0 fully saturated rings. The largest absolute Gasteiger partial charge is 0.294 e. The van der Waals surface area contributed by atoms with Gasteiger partial charge in [0.05, 0.1) is 5.02 Å². The summed E-state index contributed by atoms with van der Waals surface area (Å²) in [5.74, 6) is -0.292. The van der Waals surface area contributed by atoms with Crippen molar-refractivity contribution in [1.29, 1.82) is 0 Å². The number of carbonyl (C=O) groups excluding carboxylic acids is 1. The molecule has 3 heteroatoms. The zero-order valence-corrected chi connectivity index (χ0v) is 11.2. The van der Waals surface area contributed by atoms with Gasteiger partial charge in [0, 0.05) is 12.0 Å². The van der Waals surface area contributed by atoms with Gasteiger partial charge in [-0.15, -0.1) is 0 Å². The second kappa shape index (κ2) is 6.48. The van der Waals surface area contributed by atoms with E-state index >= 15 is 0 Å². The quantitative estimate of drug-likeness (QED) is 0.725. The van der Waals surface area contributed by atoms with Crippen LogP contribution in [0.25, 0.3) is 0 Å². The molecular formula is C16H14ClFO. The fourth-order valence-electron chi connectivity index (χ4n) is 1.95. The molecule has 2 rings (SSSR count). The molecule has 0 bridgehead atoms. The first kappa shape index (κ1) is 13.8. The highest BCUT2D eigenvalue weighted by molar-refractivity contribution is 6.30. The summed E-state index contributed by atoms with van der Waals surface area (Å²) >= 11 is 5.71. The molecule has 0 radical (unpaired) electrons. The van der Waals surface area contributed by atoms with Crippen LogP contribution in [-0.2, 0) is 6.42 Å². The molecule has 2 aromatic rings. The molecule has 0 N–H and O–H groups in total. The molecule has 0 spiro atoms. The number of hydrogen-bond donors (Lipinski definition) is 0. The summed E-state index contributed by atoms with van der Waals surface area (Å²) in [6.45, 7) is 0. The van der Waals surface area contributed by atoms with Gasteiger partial charge in [-0.05, 0) is 24.5 Å². The van der Waals surface area contributed by atoms with E-state index in [1.165, 1.54) is 6.07 Å². The number of carbonyl (C=O) groups is 1. The SMILES string of the molecule is O=C(CCCc1cccc(Cl)c1F)c1ccccc1. The molecule has 0 aliphatic rings. The lowest BCUT2D eigenvalue weighted by molar-refractivity contribution is 0.0980. The lowest BCUT2D eigenvalue weighted by atomic mass is 10.0. The highest BCUT2D eigenvalue weighted by atomic mass is 35.5. The number of ketones is 1. The van der Waals surface area contributed by atoms with E-state index in [0.29, 0.717) is 30.4 Å². The average Bonchev–Trinajstić information content (AvgIpc) is 2.44. The number of benzene rings is 2. The van der Waals surface area contributed by atoms with Gasteiger partial charge in [0.15, 0.2) is 5.78 Å². The summed E-state index contributed by atoms with van der Waals surface area (Å²) in [5, 5.41) is 0.131. The normalized spacial score (nSPS) is 10.4. The summed E-state index contributed by atoms with van der Waals surface area (Å²) in [4.78, 5) is 11.9. The van der Waals surface area contributed by atoms with Crippen LogP contribution in [0.4, 0.5) is 4.39 Å². The molecule has 0 amide bonds. The van der Waals surface area contributed by atoms with Gasteiger partial charge in [-0.2, -0.15) is 0 Å². The third-order valence-electron chi connectivity index (χ3n) is 2.98. The van der Waals surface area contributed by atoms with Crippen molar-refractivity contribution in [2.24, 2.45) is 0 Å². The van der Waals surface area contributed by atoms with Crippen molar-refractivity contribution in [3.05, 3.63) is 70.5 Å². The van der Waals surface area contributed by atoms with Crippen LogP contribution in [0.3, 0.4) is 0 Å². The Hall–Kier alpha value is -1.67. The van der Waals surface area contributed by atoms with Gasteiger partial charge in [0.2, 0.25) is 0 Å². The lowest BCUT2D eigenvalue weighted by Crippen LogP contribution is -2.00. The topological polar surface area (TPSA) is 17.1 Å². The van der Waals surface area contributed by atoms with Crippen molar-refractivity contribution < 1.29 is 9.18 Å². The predicted molar refractivity (Wildman–Crippen MR) is 75.1 cm³/mol. The van der Waals surface area contributed by atoms with Gasteiger partial charge in [-0.1, -0.05) is 54.1 Å². The summed E-state index contributed by atoms with van der Waals surface area (Å²) in [7, 11) is 0. The standard InChI is InChI=1S/C16H14ClFO/c17-14-10-4-8-13(16(14)18)9-5-11-15(19)12-6-2-1-3-7-12/h1-4,6-8,10H,5,9,11H2. The van der Waals surface area contributed by atoms with Crippen molar-refractivity contribution >= 4 is 17.4 Å². The molecule has 0 saturated heterocycles. The molecule has 0 heterocycles. The van der Waals surface area contributed by atoms with E-state index in [0.717, 1.165) is 0 Å². The smallest absolute Gasteiger partial charge is 0.162 e. The van der Waals surface area contributed by atoms with E-state index in [1.54, 1.807) is 24.3 Å². The predicted octanol–water partition coefficient (Wildman–Crippen LogP) is 4.68. The Kier molecular flexibility index (Phi) is 4.69. The number of halogens is 2. The van der Waals surface area contributed by atoms with Crippen molar-refractivity contribution in [3.8, 4) is 0 Å². The summed E-state index contributed by atoms with van der Waals surface area (Å²) in [6, 6.07) is 14.1. The first-order valence-electron chi connectivity index (χ1n) is 6.19. The van der Waals surface area contributed by atoms with Gasteiger partial charge >= 0.3 is 0 Å². The van der Waals surface area contributed by atoms with E-state index in [-0.39, 0.29) is 16.6 Å². The van der Waals surface area contributed by atoms with Crippen LogP contribution in [-0.4, -0.2) is 5.78 Å². The Morgan fingerprint density at radius 2 is 1.79 bits per heavy atom. The van der Waals surface area contributed by atoms with E-state index < -0.39 is 0 Å². The van der Waals surface area contributed by atoms with Crippen LogP contribution in [0.1, 0.15) is 28.8 Å². The fourth-order valence-corrected chi connectivity index (χ4v) is 2.14. The minimum atomic E-state index is -0.378. The Labute approximate surface area is 117 Å². The van der Waals surface area contributed by atoms with Crippen LogP contribution in [0.5, 0.6) is 0 Å². The van der Waals surface area contributed by atoms with Crippen LogP contribution in [0.15, 0.2) is 48.5 Å². The minimum absolute atomic E-state index is 0.0861. The summed E-state index contributed by atoms with van der Waals surface area (Å²) in [6.07, 6.45) is 1.55. The molecule has 1 nitrogen and oxygen atoms in total. The Morgan fingerprint density at radius 3 is 2.53 bits per heavy atom. The Bertz CT molecular complexity index is 566. The Morgan fingerprint density at radius 1 is 1.05 bits per heavy atom. The van der Waals surface area contributed by atoms with Crippen LogP contribution < -0.4 is 0 Å². The Balaban J connectivity index is 1.90. The van der Waals surface area contributed by atoms with E-state index in [4.69, 9.17) is 11.6 Å². The maximum Gasteiger partial charge on any atom is 0.162 e. The highest BCUT2D eigenvalue weighted by Crippen LogP contribution is 2.19. The van der Waals surface area contributed by atoms with Crippen LogP contribution in [0, 0.1) is 5.82 Å². The third kappa shape index (κ3) is 3.65. The zero-order chi connectivity index (χ0) is 13.7. The molecule has 0 aliphatic carbocycles. The van der Waals surface area contributed by atoms with E-state index in [1.807, 2.05) is 18.2 Å². The van der Waals surface area contributed by atoms with Gasteiger partial charge in [0.25, 0.3) is 0 Å². The number of aryl methyl sites for hydroxylation is 1. The maximum atomic E-state index is 13.6. The molecule has 0 unspecified atom stereocenters. The molecule has 0 atom stereocenters. The van der Waals surface area contributed by atoms with E-state index in [9.17, 15) is 9.18 Å². The number of rotatable bonds is 5. The van der Waals surface area contributed by atoms with Gasteiger partial charge in [0.1, 0.15) is 5.82 Å². The van der Waals surface area contributed by atoms with Crippen LogP contribution >= 0.6 is 11.6 Å². The second-order valence-electron chi connectivity index (χ2n) is 4.36. The van der Waals surface area contributed by atoms with Gasteiger partial charge in [-0.3, -0.25) is 4.79 Å². The maximum absolute atomic E-state index is 13.6. The fraction of sp³-hybridized carbons (Fsp3) is 0.188.